The molecule has 0 aromatic carbocycles. The average Bonchev–Trinajstić information content (AvgIpc) is 3.16. The lowest BCUT2D eigenvalue weighted by Crippen LogP contribution is -2.45. The Bertz CT molecular complexity index is 649. The molecule has 1 aromatic rings. The van der Waals surface area contributed by atoms with Crippen molar-refractivity contribution in [2.45, 2.75) is 58.0 Å². The minimum absolute atomic E-state index is 0. The summed E-state index contributed by atoms with van der Waals surface area (Å²) < 4.78 is 0. The molecule has 1 aromatic heterocycles. The second-order valence-electron chi connectivity index (χ2n) is 7.43. The summed E-state index contributed by atoms with van der Waals surface area (Å²) in [6.07, 6.45) is 8.51. The highest BCUT2D eigenvalue weighted by Gasteiger charge is 2.31. The molecule has 1 aliphatic carbocycles. The molecule has 2 fully saturated rings. The Morgan fingerprint density at radius 2 is 2.07 bits per heavy atom. The largest absolute Gasteiger partial charge is 0.357 e. The molecule has 2 heterocycles. The van der Waals surface area contributed by atoms with Crippen molar-refractivity contribution in [3.8, 4) is 0 Å². The molecule has 0 spiro atoms. The molecule has 1 unspecified atom stereocenters. The smallest absolute Gasteiger partial charge is 0.225 e. The molecule has 6 nitrogen and oxygen atoms in total. The van der Waals surface area contributed by atoms with Crippen LogP contribution in [0.15, 0.2) is 23.3 Å². The van der Waals surface area contributed by atoms with E-state index in [-0.39, 0.29) is 35.9 Å². The summed E-state index contributed by atoms with van der Waals surface area (Å²) in [5.74, 6) is 1.38. The van der Waals surface area contributed by atoms with Crippen LogP contribution in [-0.2, 0) is 11.3 Å². The van der Waals surface area contributed by atoms with Gasteiger partial charge in [-0.25, -0.2) is 9.98 Å². The van der Waals surface area contributed by atoms with Gasteiger partial charge in [-0.05, 0) is 37.8 Å². The number of carbonyl (C=O) groups excluding carboxylic acids is 1. The number of amides is 1. The maximum Gasteiger partial charge on any atom is 0.225 e. The van der Waals surface area contributed by atoms with Crippen LogP contribution in [0.25, 0.3) is 0 Å². The second-order valence-corrected chi connectivity index (χ2v) is 7.82. The topological polar surface area (TPSA) is 69.6 Å². The lowest BCUT2D eigenvalue weighted by molar-refractivity contribution is -0.135. The van der Waals surface area contributed by atoms with E-state index in [2.05, 4.69) is 27.5 Å². The van der Waals surface area contributed by atoms with Crippen LogP contribution in [0.1, 0.15) is 51.0 Å². The van der Waals surface area contributed by atoms with Crippen molar-refractivity contribution in [3.63, 3.8) is 0 Å². The molecule has 3 rings (SSSR count). The summed E-state index contributed by atoms with van der Waals surface area (Å²) in [6.45, 7) is 4.99. The summed E-state index contributed by atoms with van der Waals surface area (Å²) >= 11 is 5.83. The number of carbonyl (C=O) groups is 1. The molecule has 1 aliphatic heterocycles. The van der Waals surface area contributed by atoms with Gasteiger partial charge in [0, 0.05) is 37.8 Å². The summed E-state index contributed by atoms with van der Waals surface area (Å²) in [5.41, 5.74) is 1.01. The van der Waals surface area contributed by atoms with Crippen LogP contribution >= 0.6 is 35.6 Å². The fourth-order valence-corrected chi connectivity index (χ4v) is 3.98. The minimum Gasteiger partial charge on any atom is -0.357 e. The Hall–Kier alpha value is -1.09. The number of nitrogens with one attached hydrogen (secondary N) is 2. The van der Waals surface area contributed by atoms with E-state index >= 15 is 0 Å². The molecule has 0 radical (unpaired) electrons. The van der Waals surface area contributed by atoms with Crippen molar-refractivity contribution in [1.82, 2.24) is 20.5 Å². The van der Waals surface area contributed by atoms with Crippen molar-refractivity contribution in [2.24, 2.45) is 10.9 Å². The van der Waals surface area contributed by atoms with Gasteiger partial charge in [0.2, 0.25) is 5.91 Å². The Labute approximate surface area is 189 Å². The van der Waals surface area contributed by atoms with Crippen molar-refractivity contribution in [2.75, 3.05) is 19.6 Å². The Kier molecular flexibility index (Phi) is 9.77. The molecule has 28 heavy (non-hydrogen) atoms. The van der Waals surface area contributed by atoms with E-state index in [0.717, 1.165) is 50.4 Å². The van der Waals surface area contributed by atoms with Crippen LogP contribution in [0.2, 0.25) is 5.15 Å². The molecular weight excluding hydrogens is 489 g/mol. The highest BCUT2D eigenvalue weighted by molar-refractivity contribution is 14.0. The first-order valence-corrected chi connectivity index (χ1v) is 10.5. The molecule has 1 atom stereocenters. The molecule has 0 bridgehead atoms. The van der Waals surface area contributed by atoms with Gasteiger partial charge < -0.3 is 15.5 Å². The number of rotatable bonds is 5. The first kappa shape index (κ1) is 23.2. The Morgan fingerprint density at radius 1 is 1.29 bits per heavy atom. The summed E-state index contributed by atoms with van der Waals surface area (Å²) in [7, 11) is 0. The number of aliphatic imine (C=N–C) groups is 1. The molecule has 1 saturated heterocycles. The van der Waals surface area contributed by atoms with Gasteiger partial charge in [0.05, 0.1) is 6.54 Å². The van der Waals surface area contributed by atoms with E-state index in [1.165, 1.54) is 19.3 Å². The third kappa shape index (κ3) is 6.76. The zero-order chi connectivity index (χ0) is 19.1. The summed E-state index contributed by atoms with van der Waals surface area (Å²) in [6, 6.07) is 3.96. The fourth-order valence-electron chi connectivity index (χ4n) is 3.87. The van der Waals surface area contributed by atoms with Crippen molar-refractivity contribution in [3.05, 3.63) is 29.0 Å². The molecule has 2 aliphatic rings. The first-order chi connectivity index (χ1) is 13.2. The predicted molar refractivity (Wildman–Crippen MR) is 124 cm³/mol. The number of pyridine rings is 1. The van der Waals surface area contributed by atoms with Gasteiger partial charge in [-0.15, -0.1) is 24.0 Å². The van der Waals surface area contributed by atoms with Crippen molar-refractivity contribution >= 4 is 47.4 Å². The number of nitrogens with zero attached hydrogens (tertiary/aromatic N) is 3. The maximum atomic E-state index is 12.7. The molecule has 1 amide bonds. The van der Waals surface area contributed by atoms with Crippen LogP contribution in [0.3, 0.4) is 0 Å². The molecular formula is C20H31ClIN5O. The van der Waals surface area contributed by atoms with Crippen LogP contribution in [0.4, 0.5) is 0 Å². The Morgan fingerprint density at radius 3 is 2.75 bits per heavy atom. The van der Waals surface area contributed by atoms with E-state index < -0.39 is 0 Å². The number of hydrogen-bond acceptors (Lipinski definition) is 3. The number of guanidine groups is 1. The van der Waals surface area contributed by atoms with E-state index in [0.29, 0.717) is 17.6 Å². The second kappa shape index (κ2) is 11.8. The van der Waals surface area contributed by atoms with Gasteiger partial charge in [0.25, 0.3) is 0 Å². The van der Waals surface area contributed by atoms with Crippen molar-refractivity contribution in [1.29, 1.82) is 0 Å². The number of hydrogen-bond donors (Lipinski definition) is 2. The van der Waals surface area contributed by atoms with E-state index in [4.69, 9.17) is 11.6 Å². The van der Waals surface area contributed by atoms with E-state index in [9.17, 15) is 4.79 Å². The normalized spacial score (nSPS) is 20.6. The third-order valence-electron chi connectivity index (χ3n) is 5.35. The van der Waals surface area contributed by atoms with Gasteiger partial charge >= 0.3 is 0 Å². The van der Waals surface area contributed by atoms with Gasteiger partial charge in [-0.1, -0.05) is 36.9 Å². The van der Waals surface area contributed by atoms with Gasteiger partial charge in [0.1, 0.15) is 5.15 Å². The van der Waals surface area contributed by atoms with Crippen LogP contribution in [-0.4, -0.2) is 47.4 Å². The quantitative estimate of drug-likeness (QED) is 0.270. The average molecular weight is 520 g/mol. The van der Waals surface area contributed by atoms with Gasteiger partial charge in [-0.2, -0.15) is 0 Å². The zero-order valence-electron chi connectivity index (χ0n) is 16.5. The fraction of sp³-hybridized carbons (Fsp3) is 0.650. The highest BCUT2D eigenvalue weighted by atomic mass is 127. The monoisotopic (exact) mass is 519 g/mol. The number of aromatic nitrogens is 1. The van der Waals surface area contributed by atoms with Crippen LogP contribution in [0.5, 0.6) is 0 Å². The van der Waals surface area contributed by atoms with Crippen LogP contribution in [0, 0.1) is 5.92 Å². The number of halogens is 2. The van der Waals surface area contributed by atoms with Crippen LogP contribution < -0.4 is 10.6 Å². The Balaban J connectivity index is 0.00000280. The highest BCUT2D eigenvalue weighted by Crippen LogP contribution is 2.26. The standard InChI is InChI=1S/C20H30ClN5O.HI/c1-2-22-20(24-13-15-8-9-18(21)23-12-15)25-17-10-11-26(14-17)19(27)16-6-4-3-5-7-16;/h8-9,12,16-17H,2-7,10-11,13-14H2,1H3,(H2,22,24,25);1H. The van der Waals surface area contributed by atoms with Crippen molar-refractivity contribution < 1.29 is 4.79 Å². The molecule has 156 valence electrons. The third-order valence-corrected chi connectivity index (χ3v) is 5.57. The minimum atomic E-state index is 0. The lowest BCUT2D eigenvalue weighted by Gasteiger charge is -2.26. The van der Waals surface area contributed by atoms with Gasteiger partial charge in [0.15, 0.2) is 5.96 Å². The maximum absolute atomic E-state index is 12.7. The molecule has 1 saturated carbocycles. The van der Waals surface area contributed by atoms with E-state index in [1.807, 2.05) is 11.0 Å². The first-order valence-electron chi connectivity index (χ1n) is 10.1. The number of likely N-dealkylation sites (tertiary alicyclic amines) is 1. The molecule has 2 N–H and O–H groups in total. The van der Waals surface area contributed by atoms with Gasteiger partial charge in [-0.3, -0.25) is 4.79 Å². The SMILES string of the molecule is CCNC(=NCc1ccc(Cl)nc1)NC1CCN(C(=O)C2CCCCC2)C1.I. The molecule has 8 heteroatoms. The zero-order valence-corrected chi connectivity index (χ0v) is 19.6. The summed E-state index contributed by atoms with van der Waals surface area (Å²) in [4.78, 5) is 23.5. The summed E-state index contributed by atoms with van der Waals surface area (Å²) in [5, 5.41) is 7.26. The lowest BCUT2D eigenvalue weighted by atomic mass is 9.88. The predicted octanol–water partition coefficient (Wildman–Crippen LogP) is 3.59. The van der Waals surface area contributed by atoms with E-state index in [1.54, 1.807) is 12.3 Å².